The molecule has 1 aromatic heterocycles. The van der Waals surface area contributed by atoms with Crippen LogP contribution < -0.4 is 10.6 Å². The van der Waals surface area contributed by atoms with Crippen LogP contribution in [0.3, 0.4) is 0 Å². The third-order valence-electron chi connectivity index (χ3n) is 3.95. The van der Waals surface area contributed by atoms with E-state index in [4.69, 9.17) is 0 Å². The molecule has 1 atom stereocenters. The van der Waals surface area contributed by atoms with Crippen LogP contribution in [-0.4, -0.2) is 22.8 Å². The standard InChI is InChI=1S/C19H17F2N3O2S/c1-10(2)16(23-17(25)15-11(20)6-5-7-12(15)21)18(26)24-19-22-13-8-3-4-9-14(13)27-19/h3-10,16H,1-2H3,(H,23,25)(H,22,24,26)/t16-/m0/s1. The molecule has 0 spiro atoms. The lowest BCUT2D eigenvalue weighted by molar-refractivity contribution is -0.118. The lowest BCUT2D eigenvalue weighted by atomic mass is 10.0. The average Bonchev–Trinajstić information content (AvgIpc) is 3.01. The van der Waals surface area contributed by atoms with E-state index < -0.39 is 35.1 Å². The van der Waals surface area contributed by atoms with Crippen molar-refractivity contribution in [3.8, 4) is 0 Å². The summed E-state index contributed by atoms with van der Waals surface area (Å²) in [4.78, 5) is 29.2. The van der Waals surface area contributed by atoms with Gasteiger partial charge in [0, 0.05) is 0 Å². The molecule has 3 aromatic rings. The Hall–Kier alpha value is -2.87. The number of halogens is 2. The van der Waals surface area contributed by atoms with Gasteiger partial charge in [-0.05, 0) is 30.2 Å². The van der Waals surface area contributed by atoms with Gasteiger partial charge in [-0.2, -0.15) is 0 Å². The van der Waals surface area contributed by atoms with Crippen LogP contribution in [0.2, 0.25) is 0 Å². The van der Waals surface area contributed by atoms with Gasteiger partial charge >= 0.3 is 0 Å². The molecule has 0 bridgehead atoms. The lowest BCUT2D eigenvalue weighted by Crippen LogP contribution is -2.47. The number of hydrogen-bond donors (Lipinski definition) is 2. The van der Waals surface area contributed by atoms with E-state index in [1.54, 1.807) is 13.8 Å². The zero-order valence-electron chi connectivity index (χ0n) is 14.6. The van der Waals surface area contributed by atoms with E-state index in [2.05, 4.69) is 15.6 Å². The zero-order chi connectivity index (χ0) is 19.6. The van der Waals surface area contributed by atoms with Gasteiger partial charge in [0.2, 0.25) is 5.91 Å². The summed E-state index contributed by atoms with van der Waals surface area (Å²) in [6.45, 7) is 3.45. The monoisotopic (exact) mass is 389 g/mol. The van der Waals surface area contributed by atoms with Crippen molar-refractivity contribution in [2.75, 3.05) is 5.32 Å². The van der Waals surface area contributed by atoms with Crippen LogP contribution >= 0.6 is 11.3 Å². The highest BCUT2D eigenvalue weighted by molar-refractivity contribution is 7.22. The summed E-state index contributed by atoms with van der Waals surface area (Å²) in [6, 6.07) is 9.58. The van der Waals surface area contributed by atoms with Crippen LogP contribution in [0.1, 0.15) is 24.2 Å². The SMILES string of the molecule is CC(C)[C@H](NC(=O)c1c(F)cccc1F)C(=O)Nc1nc2ccccc2s1. The number of benzene rings is 2. The lowest BCUT2D eigenvalue weighted by Gasteiger charge is -2.21. The van der Waals surface area contributed by atoms with Gasteiger partial charge < -0.3 is 10.6 Å². The Balaban J connectivity index is 1.78. The van der Waals surface area contributed by atoms with Crippen molar-refractivity contribution in [2.45, 2.75) is 19.9 Å². The minimum absolute atomic E-state index is 0.307. The number of rotatable bonds is 5. The maximum atomic E-state index is 13.8. The minimum atomic E-state index is -0.985. The molecule has 8 heteroatoms. The van der Waals surface area contributed by atoms with Gasteiger partial charge in [-0.15, -0.1) is 0 Å². The number of carbonyl (C=O) groups is 2. The van der Waals surface area contributed by atoms with E-state index in [9.17, 15) is 18.4 Å². The molecule has 5 nitrogen and oxygen atoms in total. The summed E-state index contributed by atoms with van der Waals surface area (Å²) in [7, 11) is 0. The summed E-state index contributed by atoms with van der Waals surface area (Å²) in [5.41, 5.74) is 0.0345. The molecule has 27 heavy (non-hydrogen) atoms. The second-order valence-corrected chi connectivity index (χ2v) is 7.30. The van der Waals surface area contributed by atoms with Crippen molar-refractivity contribution < 1.29 is 18.4 Å². The number of hydrogen-bond acceptors (Lipinski definition) is 4. The first-order chi connectivity index (χ1) is 12.9. The quantitative estimate of drug-likeness (QED) is 0.694. The molecule has 2 N–H and O–H groups in total. The third kappa shape index (κ3) is 4.11. The molecule has 3 rings (SSSR count). The fourth-order valence-corrected chi connectivity index (χ4v) is 3.44. The Morgan fingerprint density at radius 2 is 1.70 bits per heavy atom. The predicted molar refractivity (Wildman–Crippen MR) is 101 cm³/mol. The van der Waals surface area contributed by atoms with Gasteiger partial charge in [-0.3, -0.25) is 9.59 Å². The molecule has 0 fully saturated rings. The van der Waals surface area contributed by atoms with Crippen molar-refractivity contribution in [2.24, 2.45) is 5.92 Å². The Kier molecular flexibility index (Phi) is 5.46. The van der Waals surface area contributed by atoms with Crippen LogP contribution in [0.4, 0.5) is 13.9 Å². The number of nitrogens with zero attached hydrogens (tertiary/aromatic N) is 1. The van der Waals surface area contributed by atoms with E-state index in [1.165, 1.54) is 17.4 Å². The Bertz CT molecular complexity index is 950. The molecule has 140 valence electrons. The molecule has 0 saturated heterocycles. The maximum absolute atomic E-state index is 13.8. The highest BCUT2D eigenvalue weighted by Crippen LogP contribution is 2.25. The normalized spacial score (nSPS) is 12.2. The van der Waals surface area contributed by atoms with Crippen LogP contribution in [0.25, 0.3) is 10.2 Å². The van der Waals surface area contributed by atoms with Crippen molar-refractivity contribution >= 4 is 38.5 Å². The average molecular weight is 389 g/mol. The second-order valence-electron chi connectivity index (χ2n) is 6.27. The van der Waals surface area contributed by atoms with E-state index >= 15 is 0 Å². The molecule has 0 aliphatic carbocycles. The molecule has 2 aromatic carbocycles. The van der Waals surface area contributed by atoms with Gasteiger partial charge in [0.05, 0.1) is 10.2 Å². The fraction of sp³-hybridized carbons (Fsp3) is 0.211. The number of anilines is 1. The molecule has 2 amide bonds. The largest absolute Gasteiger partial charge is 0.340 e. The molecular weight excluding hydrogens is 372 g/mol. The predicted octanol–water partition coefficient (Wildman–Crippen LogP) is 3.97. The highest BCUT2D eigenvalue weighted by atomic mass is 32.1. The molecule has 0 saturated carbocycles. The summed E-state index contributed by atoms with van der Waals surface area (Å²) >= 11 is 1.30. The molecule has 0 unspecified atom stereocenters. The van der Waals surface area contributed by atoms with E-state index in [0.717, 1.165) is 22.3 Å². The summed E-state index contributed by atoms with van der Waals surface area (Å²) < 4.78 is 28.5. The van der Waals surface area contributed by atoms with Crippen LogP contribution in [0.5, 0.6) is 0 Å². The summed E-state index contributed by atoms with van der Waals surface area (Å²) in [5, 5.41) is 5.47. The molecule has 0 aliphatic rings. The van der Waals surface area contributed by atoms with Gasteiger partial charge in [0.25, 0.3) is 5.91 Å². The van der Waals surface area contributed by atoms with Crippen molar-refractivity contribution in [3.05, 3.63) is 59.7 Å². The number of aromatic nitrogens is 1. The van der Waals surface area contributed by atoms with Crippen molar-refractivity contribution in [3.63, 3.8) is 0 Å². The first-order valence-corrected chi connectivity index (χ1v) is 9.09. The summed E-state index contributed by atoms with van der Waals surface area (Å²) in [5.74, 6) is -3.76. The van der Waals surface area contributed by atoms with Gasteiger partial charge in [0.15, 0.2) is 5.13 Å². The number of amides is 2. The van der Waals surface area contributed by atoms with E-state index in [-0.39, 0.29) is 5.92 Å². The summed E-state index contributed by atoms with van der Waals surface area (Å²) in [6.07, 6.45) is 0. The Morgan fingerprint density at radius 1 is 1.04 bits per heavy atom. The van der Waals surface area contributed by atoms with Crippen LogP contribution in [0.15, 0.2) is 42.5 Å². The molecule has 0 radical (unpaired) electrons. The Morgan fingerprint density at radius 3 is 2.33 bits per heavy atom. The number of fused-ring (bicyclic) bond motifs is 1. The smallest absolute Gasteiger partial charge is 0.257 e. The molecule has 1 heterocycles. The molecular formula is C19H17F2N3O2S. The van der Waals surface area contributed by atoms with Crippen LogP contribution in [0, 0.1) is 17.6 Å². The zero-order valence-corrected chi connectivity index (χ0v) is 15.4. The van der Waals surface area contributed by atoms with Gasteiger partial charge in [-0.1, -0.05) is 43.4 Å². The first kappa shape index (κ1) is 18.9. The Labute approximate surface area is 158 Å². The van der Waals surface area contributed by atoms with Crippen LogP contribution in [-0.2, 0) is 4.79 Å². The maximum Gasteiger partial charge on any atom is 0.257 e. The topological polar surface area (TPSA) is 71.1 Å². The highest BCUT2D eigenvalue weighted by Gasteiger charge is 2.27. The third-order valence-corrected chi connectivity index (χ3v) is 4.90. The fourth-order valence-electron chi connectivity index (χ4n) is 2.57. The number of carbonyl (C=O) groups excluding carboxylic acids is 2. The van der Waals surface area contributed by atoms with Gasteiger partial charge in [-0.25, -0.2) is 13.8 Å². The number of thiazole rings is 1. The van der Waals surface area contributed by atoms with Crippen molar-refractivity contribution in [1.29, 1.82) is 0 Å². The first-order valence-electron chi connectivity index (χ1n) is 8.28. The second kappa shape index (κ2) is 7.79. The van der Waals surface area contributed by atoms with Gasteiger partial charge in [0.1, 0.15) is 23.2 Å². The minimum Gasteiger partial charge on any atom is -0.340 e. The van der Waals surface area contributed by atoms with E-state index in [0.29, 0.717) is 5.13 Å². The number of para-hydroxylation sites is 1. The van der Waals surface area contributed by atoms with E-state index in [1.807, 2.05) is 24.3 Å². The molecule has 0 aliphatic heterocycles. The van der Waals surface area contributed by atoms with Crippen molar-refractivity contribution in [1.82, 2.24) is 10.3 Å². The number of nitrogens with one attached hydrogen (secondary N) is 2.